The van der Waals surface area contributed by atoms with Crippen molar-refractivity contribution in [2.75, 3.05) is 18.6 Å². The van der Waals surface area contributed by atoms with Crippen molar-refractivity contribution in [1.82, 2.24) is 20.1 Å². The molecule has 0 aliphatic carbocycles. The zero-order chi connectivity index (χ0) is 21.1. The minimum atomic E-state index is -3.10. The molecule has 0 saturated carbocycles. The average molecular weight is 426 g/mol. The van der Waals surface area contributed by atoms with Crippen LogP contribution in [0.25, 0.3) is 11.3 Å². The summed E-state index contributed by atoms with van der Waals surface area (Å²) in [6.45, 7) is 0.329. The second-order valence-electron chi connectivity index (χ2n) is 7.19. The van der Waals surface area contributed by atoms with Crippen LogP contribution in [-0.4, -0.2) is 47.7 Å². The molecule has 1 aromatic carbocycles. The molecule has 9 heteroatoms. The smallest absolute Gasteiger partial charge is 0.272 e. The first kappa shape index (κ1) is 20.1. The maximum Gasteiger partial charge on any atom is 0.272 e. The van der Waals surface area contributed by atoms with Gasteiger partial charge in [-0.1, -0.05) is 6.07 Å². The molecule has 4 rings (SSSR count). The summed E-state index contributed by atoms with van der Waals surface area (Å²) in [4.78, 5) is 16.7. The maximum atomic E-state index is 12.7. The van der Waals surface area contributed by atoms with Gasteiger partial charge in [0, 0.05) is 24.5 Å². The number of methoxy groups -OCH3 is 1. The van der Waals surface area contributed by atoms with Crippen molar-refractivity contribution in [2.45, 2.75) is 19.0 Å². The lowest BCUT2D eigenvalue weighted by Crippen LogP contribution is -2.24. The molecule has 30 heavy (non-hydrogen) atoms. The van der Waals surface area contributed by atoms with Gasteiger partial charge < -0.3 is 10.1 Å². The predicted molar refractivity (Wildman–Crippen MR) is 112 cm³/mol. The number of carbonyl (C=O) groups is 1. The van der Waals surface area contributed by atoms with Crippen LogP contribution in [0.15, 0.2) is 54.9 Å². The standard InChI is InChI=1S/C21H22N4O4S/c1-29-18-6-4-16(5-7-18)20-11-19(21(26)23-13-15-3-2-9-22-12-15)24-25(20)17-8-10-30(27,28)14-17/h2-7,9,11-12,17H,8,10,13-14H2,1H3,(H,23,26)/t17-/m1/s1. The SMILES string of the molecule is COc1ccc(-c2cc(C(=O)NCc3cccnc3)nn2[C@@H]2CCS(=O)(=O)C2)cc1. The van der Waals surface area contributed by atoms with Gasteiger partial charge in [-0.3, -0.25) is 14.5 Å². The minimum absolute atomic E-state index is 0.0224. The summed E-state index contributed by atoms with van der Waals surface area (Å²) < 4.78 is 30.9. The highest BCUT2D eigenvalue weighted by Crippen LogP contribution is 2.31. The Kier molecular flexibility index (Phi) is 5.54. The van der Waals surface area contributed by atoms with E-state index in [1.54, 1.807) is 36.3 Å². The number of benzene rings is 1. The molecule has 0 unspecified atom stereocenters. The van der Waals surface area contributed by atoms with Crippen LogP contribution in [0.5, 0.6) is 5.75 Å². The summed E-state index contributed by atoms with van der Waals surface area (Å²) in [5, 5.41) is 7.32. The molecule has 1 atom stereocenters. The number of hydrogen-bond acceptors (Lipinski definition) is 6. The highest BCUT2D eigenvalue weighted by molar-refractivity contribution is 7.91. The molecular weight excluding hydrogens is 404 g/mol. The molecule has 1 N–H and O–H groups in total. The molecule has 156 valence electrons. The number of nitrogens with zero attached hydrogens (tertiary/aromatic N) is 3. The molecule has 1 aliphatic rings. The molecule has 1 amide bonds. The molecule has 0 spiro atoms. The van der Waals surface area contributed by atoms with E-state index in [-0.39, 0.29) is 29.1 Å². The van der Waals surface area contributed by atoms with Gasteiger partial charge in [0.15, 0.2) is 15.5 Å². The van der Waals surface area contributed by atoms with E-state index in [1.807, 2.05) is 30.3 Å². The normalized spacial score (nSPS) is 17.6. The van der Waals surface area contributed by atoms with Gasteiger partial charge >= 0.3 is 0 Å². The summed E-state index contributed by atoms with van der Waals surface area (Å²) >= 11 is 0. The van der Waals surface area contributed by atoms with Gasteiger partial charge in [0.1, 0.15) is 5.75 Å². The fourth-order valence-electron chi connectivity index (χ4n) is 3.50. The number of hydrogen-bond donors (Lipinski definition) is 1. The molecule has 0 bridgehead atoms. The molecule has 1 fully saturated rings. The zero-order valence-corrected chi connectivity index (χ0v) is 17.3. The van der Waals surface area contributed by atoms with E-state index >= 15 is 0 Å². The van der Waals surface area contributed by atoms with E-state index in [2.05, 4.69) is 15.4 Å². The Balaban J connectivity index is 1.63. The number of sulfone groups is 1. The quantitative estimate of drug-likeness (QED) is 0.648. The van der Waals surface area contributed by atoms with Gasteiger partial charge in [-0.25, -0.2) is 8.42 Å². The Bertz CT molecular complexity index is 1140. The molecular formula is C21H22N4O4S. The van der Waals surface area contributed by atoms with Crippen LogP contribution in [0.4, 0.5) is 0 Å². The van der Waals surface area contributed by atoms with Gasteiger partial charge in [0.2, 0.25) is 0 Å². The molecule has 1 aliphatic heterocycles. The van der Waals surface area contributed by atoms with Gasteiger partial charge in [0.25, 0.3) is 5.91 Å². The molecule has 1 saturated heterocycles. The highest BCUT2D eigenvalue weighted by Gasteiger charge is 2.32. The van der Waals surface area contributed by atoms with Crippen LogP contribution in [0, 0.1) is 0 Å². The van der Waals surface area contributed by atoms with E-state index in [9.17, 15) is 13.2 Å². The Morgan fingerprint density at radius 2 is 2.07 bits per heavy atom. The largest absolute Gasteiger partial charge is 0.497 e. The van der Waals surface area contributed by atoms with Crippen molar-refractivity contribution >= 4 is 15.7 Å². The third-order valence-corrected chi connectivity index (χ3v) is 6.83. The van der Waals surface area contributed by atoms with Crippen molar-refractivity contribution in [2.24, 2.45) is 0 Å². The molecule has 0 radical (unpaired) electrons. The van der Waals surface area contributed by atoms with E-state index in [0.717, 1.165) is 11.1 Å². The second kappa shape index (κ2) is 8.27. The summed E-state index contributed by atoms with van der Waals surface area (Å²) in [5.41, 5.74) is 2.65. The lowest BCUT2D eigenvalue weighted by atomic mass is 10.1. The molecule has 8 nitrogen and oxygen atoms in total. The molecule has 3 heterocycles. The number of nitrogens with one attached hydrogen (secondary N) is 1. The van der Waals surface area contributed by atoms with Crippen molar-refractivity contribution in [3.63, 3.8) is 0 Å². The van der Waals surface area contributed by atoms with Gasteiger partial charge in [-0.05, 0) is 48.4 Å². The van der Waals surface area contributed by atoms with Crippen LogP contribution in [0.1, 0.15) is 28.5 Å². The van der Waals surface area contributed by atoms with E-state index < -0.39 is 9.84 Å². The third-order valence-electron chi connectivity index (χ3n) is 5.08. The van der Waals surface area contributed by atoms with Gasteiger partial charge in [-0.15, -0.1) is 0 Å². The number of pyridine rings is 1. The first-order valence-corrected chi connectivity index (χ1v) is 11.4. The number of ether oxygens (including phenoxy) is 1. The average Bonchev–Trinajstić information content (AvgIpc) is 3.36. The first-order valence-electron chi connectivity index (χ1n) is 9.57. The van der Waals surface area contributed by atoms with Crippen molar-refractivity contribution in [3.05, 3.63) is 66.1 Å². The van der Waals surface area contributed by atoms with E-state index in [1.165, 1.54) is 0 Å². The van der Waals surface area contributed by atoms with Crippen molar-refractivity contribution in [1.29, 1.82) is 0 Å². The summed E-state index contributed by atoms with van der Waals surface area (Å²) in [7, 11) is -1.51. The predicted octanol–water partition coefficient (Wildman–Crippen LogP) is 2.24. The Morgan fingerprint density at radius 1 is 1.27 bits per heavy atom. The molecule has 3 aromatic rings. The highest BCUT2D eigenvalue weighted by atomic mass is 32.2. The topological polar surface area (TPSA) is 103 Å². The summed E-state index contributed by atoms with van der Waals surface area (Å²) in [5.74, 6) is 0.535. The fraction of sp³-hybridized carbons (Fsp3) is 0.286. The second-order valence-corrected chi connectivity index (χ2v) is 9.42. The van der Waals surface area contributed by atoms with Crippen LogP contribution in [0.3, 0.4) is 0 Å². The van der Waals surface area contributed by atoms with E-state index in [4.69, 9.17) is 4.74 Å². The van der Waals surface area contributed by atoms with Crippen molar-refractivity contribution < 1.29 is 17.9 Å². The van der Waals surface area contributed by atoms with Crippen molar-refractivity contribution in [3.8, 4) is 17.0 Å². The van der Waals surface area contributed by atoms with Gasteiger partial charge in [-0.2, -0.15) is 5.10 Å². The maximum absolute atomic E-state index is 12.7. The Labute approximate surface area is 174 Å². The lowest BCUT2D eigenvalue weighted by Gasteiger charge is -2.13. The fourth-order valence-corrected chi connectivity index (χ4v) is 5.20. The zero-order valence-electron chi connectivity index (χ0n) is 16.5. The minimum Gasteiger partial charge on any atom is -0.497 e. The lowest BCUT2D eigenvalue weighted by molar-refractivity contribution is 0.0945. The number of aromatic nitrogens is 3. The first-order chi connectivity index (χ1) is 14.4. The summed E-state index contributed by atoms with van der Waals surface area (Å²) in [6, 6.07) is 12.5. The number of amides is 1. The van der Waals surface area contributed by atoms with Crippen LogP contribution < -0.4 is 10.1 Å². The van der Waals surface area contributed by atoms with Crippen LogP contribution in [0.2, 0.25) is 0 Å². The molecule has 2 aromatic heterocycles. The number of carbonyl (C=O) groups excluding carboxylic acids is 1. The third kappa shape index (κ3) is 4.35. The number of rotatable bonds is 6. The monoisotopic (exact) mass is 426 g/mol. The summed E-state index contributed by atoms with van der Waals surface area (Å²) in [6.07, 6.45) is 3.83. The van der Waals surface area contributed by atoms with E-state index in [0.29, 0.717) is 24.4 Å². The Hall–Kier alpha value is -3.20. The van der Waals surface area contributed by atoms with Crippen LogP contribution >= 0.6 is 0 Å². The van der Waals surface area contributed by atoms with Gasteiger partial charge in [0.05, 0.1) is 30.4 Å². The Morgan fingerprint density at radius 3 is 2.70 bits per heavy atom. The van der Waals surface area contributed by atoms with Crippen LogP contribution in [-0.2, 0) is 16.4 Å².